The first kappa shape index (κ1) is 16.8. The summed E-state index contributed by atoms with van der Waals surface area (Å²) >= 11 is 0. The van der Waals surface area contributed by atoms with Crippen LogP contribution in [0.2, 0.25) is 0 Å². The van der Waals surface area contributed by atoms with E-state index in [-0.39, 0.29) is 17.0 Å². The molecule has 2 aromatic rings. The van der Waals surface area contributed by atoms with Crippen molar-refractivity contribution in [3.05, 3.63) is 78.1 Å². The number of pyridine rings is 1. The Kier molecular flexibility index (Phi) is 4.31. The van der Waals surface area contributed by atoms with Gasteiger partial charge in [-0.1, -0.05) is 36.4 Å². The van der Waals surface area contributed by atoms with Gasteiger partial charge in [-0.15, -0.1) is 0 Å². The smallest absolute Gasteiger partial charge is 0.440 e. The molecule has 0 N–H and O–H groups in total. The molecule has 128 valence electrons. The van der Waals surface area contributed by atoms with Crippen LogP contribution in [0.3, 0.4) is 0 Å². The zero-order valence-corrected chi connectivity index (χ0v) is 13.1. The number of nitrogens with zero attached hydrogens (tertiary/aromatic N) is 2. The molecule has 4 nitrogen and oxygen atoms in total. The lowest BCUT2D eigenvalue weighted by atomic mass is 10.0. The molecule has 7 heteroatoms. The standard InChI is InChI=1S/C18H13F3N2O2/c1-25-17(24)14-13(12-8-4-2-5-9-12)15(16(22-14)18(19,20)21)23-10-6-3-7-11-23/h2-11H,1H3. The van der Waals surface area contributed by atoms with Crippen LogP contribution < -0.4 is 9.67 Å². The summed E-state index contributed by atoms with van der Waals surface area (Å²) in [5.41, 5.74) is -1.19. The van der Waals surface area contributed by atoms with E-state index in [0.29, 0.717) is 5.56 Å². The van der Waals surface area contributed by atoms with Crippen LogP contribution in [0.5, 0.6) is 0 Å². The summed E-state index contributed by atoms with van der Waals surface area (Å²) in [4.78, 5) is 3.58. The molecule has 0 aliphatic carbocycles. The molecule has 0 saturated heterocycles. The molecule has 1 aromatic carbocycles. The van der Waals surface area contributed by atoms with Crippen LogP contribution in [0, 0.1) is 0 Å². The second-order valence-electron chi connectivity index (χ2n) is 5.17. The Labute approximate surface area is 141 Å². The van der Waals surface area contributed by atoms with Gasteiger partial charge in [-0.3, -0.25) is 0 Å². The SMILES string of the molecule is CO/C([O-])=C1\N=C(C(F)(F)F)C([n+]2ccccc2)=C1c1ccccc1. The molecule has 3 rings (SSSR count). The maximum Gasteiger partial charge on any atom is 0.440 e. The highest BCUT2D eigenvalue weighted by atomic mass is 19.4. The summed E-state index contributed by atoms with van der Waals surface area (Å²) < 4.78 is 46.7. The Hall–Kier alpha value is -3.09. The van der Waals surface area contributed by atoms with Gasteiger partial charge in [0.05, 0.1) is 11.5 Å². The third-order valence-corrected chi connectivity index (χ3v) is 3.60. The first-order chi connectivity index (χ1) is 11.9. The van der Waals surface area contributed by atoms with E-state index in [4.69, 9.17) is 0 Å². The highest BCUT2D eigenvalue weighted by Gasteiger charge is 2.48. The number of methoxy groups -OCH3 is 1. The van der Waals surface area contributed by atoms with E-state index in [1.807, 2.05) is 0 Å². The second-order valence-corrected chi connectivity index (χ2v) is 5.17. The molecule has 0 radical (unpaired) electrons. The highest BCUT2D eigenvalue weighted by molar-refractivity contribution is 6.30. The number of rotatable bonds is 3. The molecule has 0 atom stereocenters. The number of halogens is 3. The van der Waals surface area contributed by atoms with E-state index in [9.17, 15) is 18.3 Å². The van der Waals surface area contributed by atoms with E-state index >= 15 is 0 Å². The van der Waals surface area contributed by atoms with Crippen molar-refractivity contribution in [2.75, 3.05) is 7.11 Å². The lowest BCUT2D eigenvalue weighted by Gasteiger charge is -2.13. The third kappa shape index (κ3) is 3.13. The third-order valence-electron chi connectivity index (χ3n) is 3.60. The number of aromatic nitrogens is 1. The molecule has 0 spiro atoms. The van der Waals surface area contributed by atoms with Crippen LogP contribution in [0.1, 0.15) is 5.56 Å². The molecule has 0 saturated carbocycles. The number of benzene rings is 1. The second kappa shape index (κ2) is 6.43. The van der Waals surface area contributed by atoms with Crippen LogP contribution >= 0.6 is 0 Å². The van der Waals surface area contributed by atoms with Crippen molar-refractivity contribution < 1.29 is 27.6 Å². The molecular formula is C18H13F3N2O2. The van der Waals surface area contributed by atoms with Crippen molar-refractivity contribution in [2.24, 2.45) is 4.99 Å². The molecule has 0 amide bonds. The van der Waals surface area contributed by atoms with Crippen LogP contribution in [0.4, 0.5) is 13.2 Å². The van der Waals surface area contributed by atoms with Gasteiger partial charge in [-0.25, -0.2) is 4.99 Å². The van der Waals surface area contributed by atoms with E-state index in [1.165, 1.54) is 17.0 Å². The summed E-state index contributed by atoms with van der Waals surface area (Å²) in [7, 11) is 1.11. The quantitative estimate of drug-likeness (QED) is 0.633. The largest absolute Gasteiger partial charge is 0.615 e. The number of aliphatic imine (C=N–C) groups is 1. The topological polar surface area (TPSA) is 48.5 Å². The van der Waals surface area contributed by atoms with Gasteiger partial charge in [0.1, 0.15) is 5.70 Å². The summed E-state index contributed by atoms with van der Waals surface area (Å²) in [6, 6.07) is 13.2. The summed E-state index contributed by atoms with van der Waals surface area (Å²) in [5, 5.41) is 12.1. The molecule has 0 bridgehead atoms. The zero-order valence-electron chi connectivity index (χ0n) is 13.1. The fourth-order valence-corrected chi connectivity index (χ4v) is 2.57. The van der Waals surface area contributed by atoms with Crippen molar-refractivity contribution in [3.63, 3.8) is 0 Å². The zero-order chi connectivity index (χ0) is 18.0. The maximum absolute atomic E-state index is 13.6. The van der Waals surface area contributed by atoms with Crippen LogP contribution in [-0.2, 0) is 4.74 Å². The Bertz CT molecular complexity index is 870. The molecular weight excluding hydrogens is 333 g/mol. The van der Waals surface area contributed by atoms with Crippen LogP contribution in [0.25, 0.3) is 11.3 Å². The molecule has 0 fully saturated rings. The summed E-state index contributed by atoms with van der Waals surface area (Å²) in [5.74, 6) is -0.924. The average Bonchev–Trinajstić information content (AvgIpc) is 3.03. The van der Waals surface area contributed by atoms with Gasteiger partial charge in [-0.2, -0.15) is 17.7 Å². The fraction of sp³-hybridized carbons (Fsp3) is 0.111. The van der Waals surface area contributed by atoms with Gasteiger partial charge in [0.2, 0.25) is 5.71 Å². The van der Waals surface area contributed by atoms with Crippen molar-refractivity contribution in [1.29, 1.82) is 0 Å². The number of hydrogen-bond donors (Lipinski definition) is 0. The number of ether oxygens (including phenoxy) is 1. The van der Waals surface area contributed by atoms with Gasteiger partial charge in [0.15, 0.2) is 12.4 Å². The van der Waals surface area contributed by atoms with Crippen molar-refractivity contribution >= 4 is 17.0 Å². The molecule has 25 heavy (non-hydrogen) atoms. The molecule has 1 aliphatic heterocycles. The van der Waals surface area contributed by atoms with Crippen molar-refractivity contribution in [2.45, 2.75) is 6.18 Å². The lowest BCUT2D eigenvalue weighted by Crippen LogP contribution is -2.40. The molecule has 2 heterocycles. The van der Waals surface area contributed by atoms with Gasteiger partial charge in [0, 0.05) is 12.1 Å². The maximum atomic E-state index is 13.6. The average molecular weight is 346 g/mol. The normalized spacial score (nSPS) is 16.7. The summed E-state index contributed by atoms with van der Waals surface area (Å²) in [6.07, 6.45) is -1.78. The molecule has 1 aromatic heterocycles. The van der Waals surface area contributed by atoms with Crippen LogP contribution in [0.15, 0.2) is 77.6 Å². The van der Waals surface area contributed by atoms with E-state index in [1.54, 1.807) is 48.5 Å². The van der Waals surface area contributed by atoms with E-state index in [0.717, 1.165) is 7.11 Å². The number of hydrogen-bond acceptors (Lipinski definition) is 3. The van der Waals surface area contributed by atoms with Gasteiger partial charge in [-0.05, 0) is 12.7 Å². The Morgan fingerprint density at radius 1 is 1.04 bits per heavy atom. The Morgan fingerprint density at radius 3 is 2.20 bits per heavy atom. The fourth-order valence-electron chi connectivity index (χ4n) is 2.57. The van der Waals surface area contributed by atoms with Crippen molar-refractivity contribution in [3.8, 4) is 0 Å². The number of alkyl halides is 3. The highest BCUT2D eigenvalue weighted by Crippen LogP contribution is 2.39. The van der Waals surface area contributed by atoms with E-state index < -0.39 is 17.8 Å². The minimum absolute atomic E-state index is 0.0796. The first-order valence-corrected chi connectivity index (χ1v) is 7.31. The molecule has 0 unspecified atom stereocenters. The monoisotopic (exact) mass is 346 g/mol. The van der Waals surface area contributed by atoms with Gasteiger partial charge < -0.3 is 9.84 Å². The predicted molar refractivity (Wildman–Crippen MR) is 83.7 cm³/mol. The minimum atomic E-state index is -4.73. The van der Waals surface area contributed by atoms with Crippen molar-refractivity contribution in [1.82, 2.24) is 0 Å². The van der Waals surface area contributed by atoms with E-state index in [2.05, 4.69) is 9.73 Å². The minimum Gasteiger partial charge on any atom is -0.615 e. The number of allylic oxidation sites excluding steroid dienone is 2. The Morgan fingerprint density at radius 2 is 1.64 bits per heavy atom. The summed E-state index contributed by atoms with van der Waals surface area (Å²) in [6.45, 7) is 0. The first-order valence-electron chi connectivity index (χ1n) is 7.31. The molecule has 1 aliphatic rings. The van der Waals surface area contributed by atoms with Crippen LogP contribution in [-0.4, -0.2) is 19.0 Å². The van der Waals surface area contributed by atoms with Gasteiger partial charge in [0.25, 0.3) is 5.70 Å². The van der Waals surface area contributed by atoms with Gasteiger partial charge >= 0.3 is 6.18 Å². The Balaban J connectivity index is 2.38. The lowest BCUT2D eigenvalue weighted by molar-refractivity contribution is -0.575. The predicted octanol–water partition coefficient (Wildman–Crippen LogP) is 2.54.